The number of non-ortho nitro benzene ring substituents is 1. The third-order valence-electron chi connectivity index (χ3n) is 3.46. The van der Waals surface area contributed by atoms with E-state index in [2.05, 4.69) is 4.98 Å². The van der Waals surface area contributed by atoms with Crippen LogP contribution in [0.5, 0.6) is 0 Å². The highest BCUT2D eigenvalue weighted by molar-refractivity contribution is 6.65. The second-order valence-electron chi connectivity index (χ2n) is 4.94. The van der Waals surface area contributed by atoms with E-state index >= 15 is 0 Å². The molecule has 0 amide bonds. The summed E-state index contributed by atoms with van der Waals surface area (Å²) in [5.41, 5.74) is 0.592. The molecule has 0 bridgehead atoms. The Hall–Kier alpha value is -2.27. The molecule has 1 aromatic heterocycles. The van der Waals surface area contributed by atoms with Crippen LogP contribution in [0.2, 0.25) is 0 Å². The van der Waals surface area contributed by atoms with Gasteiger partial charge in [-0.3, -0.25) is 19.9 Å². The maximum absolute atomic E-state index is 11.9. The summed E-state index contributed by atoms with van der Waals surface area (Å²) >= 11 is 5.78. The molecule has 108 valence electrons. The van der Waals surface area contributed by atoms with Gasteiger partial charge in [0.2, 0.25) is 5.24 Å². The quantitative estimate of drug-likeness (QED) is 0.483. The van der Waals surface area contributed by atoms with Crippen LogP contribution in [0.1, 0.15) is 18.1 Å². The first kappa shape index (κ1) is 15.1. The normalized spacial score (nSPS) is 13.4. The van der Waals surface area contributed by atoms with E-state index in [0.29, 0.717) is 12.0 Å². The number of nitro groups is 1. The standard InChI is InChI=1S/C15H13ClN2O3/c1-15(14(16)19,10-11-6-8-17-9-7-11)12-2-4-13(5-3-12)18(20)21/h2-9H,10H2,1H3. The number of carbonyl (C=O) groups is 1. The average molecular weight is 305 g/mol. The van der Waals surface area contributed by atoms with E-state index in [9.17, 15) is 14.9 Å². The monoisotopic (exact) mass is 304 g/mol. The zero-order valence-corrected chi connectivity index (χ0v) is 12.1. The number of aromatic nitrogens is 1. The molecule has 0 saturated heterocycles. The van der Waals surface area contributed by atoms with Gasteiger partial charge in [0, 0.05) is 24.5 Å². The summed E-state index contributed by atoms with van der Waals surface area (Å²) in [6.45, 7) is 1.73. The number of carbonyl (C=O) groups excluding carboxylic acids is 1. The van der Waals surface area contributed by atoms with Crippen molar-refractivity contribution >= 4 is 22.5 Å². The molecule has 6 heteroatoms. The predicted octanol–water partition coefficient (Wildman–Crippen LogP) is 3.26. The second kappa shape index (κ2) is 6.01. The molecule has 0 aliphatic carbocycles. The van der Waals surface area contributed by atoms with Crippen molar-refractivity contribution in [3.05, 3.63) is 70.0 Å². The summed E-state index contributed by atoms with van der Waals surface area (Å²) in [4.78, 5) is 26.0. The fourth-order valence-corrected chi connectivity index (χ4v) is 2.32. The molecule has 0 aliphatic heterocycles. The van der Waals surface area contributed by atoms with E-state index in [4.69, 9.17) is 11.6 Å². The van der Waals surface area contributed by atoms with Crippen LogP contribution in [0.25, 0.3) is 0 Å². The first-order valence-electron chi connectivity index (χ1n) is 6.27. The molecule has 1 aromatic carbocycles. The van der Waals surface area contributed by atoms with Gasteiger partial charge in [0.25, 0.3) is 5.69 Å². The lowest BCUT2D eigenvalue weighted by atomic mass is 9.78. The molecule has 0 N–H and O–H groups in total. The van der Waals surface area contributed by atoms with Crippen molar-refractivity contribution in [3.8, 4) is 0 Å². The average Bonchev–Trinajstić information content (AvgIpc) is 2.48. The molecule has 1 unspecified atom stereocenters. The van der Waals surface area contributed by atoms with Gasteiger partial charge in [-0.05, 0) is 48.2 Å². The van der Waals surface area contributed by atoms with E-state index < -0.39 is 15.6 Å². The van der Waals surface area contributed by atoms with E-state index in [1.807, 2.05) is 12.1 Å². The van der Waals surface area contributed by atoms with Crippen LogP contribution in [0, 0.1) is 10.1 Å². The number of nitro benzene ring substituents is 1. The number of hydrogen-bond donors (Lipinski definition) is 0. The number of nitrogens with zero attached hydrogens (tertiary/aromatic N) is 2. The Balaban J connectivity index is 2.37. The van der Waals surface area contributed by atoms with Crippen molar-refractivity contribution in [2.75, 3.05) is 0 Å². The number of benzene rings is 1. The topological polar surface area (TPSA) is 73.1 Å². The van der Waals surface area contributed by atoms with Gasteiger partial charge in [0.05, 0.1) is 10.3 Å². The van der Waals surface area contributed by atoms with Crippen molar-refractivity contribution in [1.82, 2.24) is 4.98 Å². The van der Waals surface area contributed by atoms with E-state index in [1.165, 1.54) is 12.1 Å². The van der Waals surface area contributed by atoms with Gasteiger partial charge in [-0.25, -0.2) is 0 Å². The molecule has 5 nitrogen and oxygen atoms in total. The van der Waals surface area contributed by atoms with Crippen molar-refractivity contribution in [2.24, 2.45) is 0 Å². The number of hydrogen-bond acceptors (Lipinski definition) is 4. The SMILES string of the molecule is CC(Cc1ccncc1)(C(=O)Cl)c1ccc([N+](=O)[O-])cc1. The second-order valence-corrected chi connectivity index (χ2v) is 5.29. The summed E-state index contributed by atoms with van der Waals surface area (Å²) in [5, 5.41) is 10.2. The molecular weight excluding hydrogens is 292 g/mol. The first-order valence-corrected chi connectivity index (χ1v) is 6.65. The molecule has 0 fully saturated rings. The minimum atomic E-state index is -0.946. The minimum absolute atomic E-state index is 0.0213. The molecule has 1 heterocycles. The predicted molar refractivity (Wildman–Crippen MR) is 79.2 cm³/mol. The summed E-state index contributed by atoms with van der Waals surface area (Å²) in [5.74, 6) is 0. The van der Waals surface area contributed by atoms with Crippen LogP contribution >= 0.6 is 11.6 Å². The van der Waals surface area contributed by atoms with Crippen molar-refractivity contribution in [3.63, 3.8) is 0 Å². The minimum Gasteiger partial charge on any atom is -0.280 e. The third kappa shape index (κ3) is 3.25. The highest BCUT2D eigenvalue weighted by Gasteiger charge is 2.34. The molecule has 1 atom stereocenters. The first-order chi connectivity index (χ1) is 9.93. The molecule has 0 radical (unpaired) electrons. The Kier molecular flexibility index (Phi) is 4.33. The van der Waals surface area contributed by atoms with Crippen LogP contribution in [0.3, 0.4) is 0 Å². The lowest BCUT2D eigenvalue weighted by Crippen LogP contribution is -2.31. The van der Waals surface area contributed by atoms with E-state index in [0.717, 1.165) is 5.56 Å². The van der Waals surface area contributed by atoms with Crippen LogP contribution < -0.4 is 0 Å². The van der Waals surface area contributed by atoms with Gasteiger partial charge >= 0.3 is 0 Å². The Morgan fingerprint density at radius 2 is 1.81 bits per heavy atom. The lowest BCUT2D eigenvalue weighted by Gasteiger charge is -2.26. The summed E-state index contributed by atoms with van der Waals surface area (Å²) < 4.78 is 0. The van der Waals surface area contributed by atoms with Crippen LogP contribution in [-0.4, -0.2) is 15.1 Å². The highest BCUT2D eigenvalue weighted by atomic mass is 35.5. The zero-order chi connectivity index (χ0) is 15.5. The Labute approximate surface area is 126 Å². The maximum Gasteiger partial charge on any atom is 0.269 e. The van der Waals surface area contributed by atoms with E-state index in [-0.39, 0.29) is 5.69 Å². The van der Waals surface area contributed by atoms with Gasteiger partial charge in [0.15, 0.2) is 0 Å². The molecule has 0 aliphatic rings. The van der Waals surface area contributed by atoms with Gasteiger partial charge in [-0.2, -0.15) is 0 Å². The van der Waals surface area contributed by atoms with Crippen molar-refractivity contribution < 1.29 is 9.72 Å². The van der Waals surface area contributed by atoms with Crippen LogP contribution in [-0.2, 0) is 16.6 Å². The fourth-order valence-electron chi connectivity index (χ4n) is 2.14. The molecular formula is C15H13ClN2O3. The van der Waals surface area contributed by atoms with Crippen LogP contribution in [0.4, 0.5) is 5.69 Å². The Morgan fingerprint density at radius 1 is 1.24 bits per heavy atom. The number of halogens is 1. The highest BCUT2D eigenvalue weighted by Crippen LogP contribution is 2.31. The van der Waals surface area contributed by atoms with Gasteiger partial charge in [-0.15, -0.1) is 0 Å². The van der Waals surface area contributed by atoms with E-state index in [1.54, 1.807) is 31.5 Å². The molecule has 21 heavy (non-hydrogen) atoms. The largest absolute Gasteiger partial charge is 0.280 e. The summed E-state index contributed by atoms with van der Waals surface area (Å²) in [6, 6.07) is 9.51. The fraction of sp³-hybridized carbons (Fsp3) is 0.200. The molecule has 0 saturated carbocycles. The van der Waals surface area contributed by atoms with Crippen molar-refractivity contribution in [1.29, 1.82) is 0 Å². The maximum atomic E-state index is 11.9. The molecule has 2 rings (SSSR count). The van der Waals surface area contributed by atoms with Crippen LogP contribution in [0.15, 0.2) is 48.8 Å². The lowest BCUT2D eigenvalue weighted by molar-refractivity contribution is -0.384. The zero-order valence-electron chi connectivity index (χ0n) is 11.3. The smallest absolute Gasteiger partial charge is 0.269 e. The van der Waals surface area contributed by atoms with Gasteiger partial charge in [0.1, 0.15) is 0 Å². The summed E-state index contributed by atoms with van der Waals surface area (Å²) in [7, 11) is 0. The summed E-state index contributed by atoms with van der Waals surface area (Å²) in [6.07, 6.45) is 3.68. The number of rotatable bonds is 5. The molecule has 2 aromatic rings. The third-order valence-corrected chi connectivity index (χ3v) is 3.87. The number of pyridine rings is 1. The Bertz CT molecular complexity index is 658. The van der Waals surface area contributed by atoms with Gasteiger partial charge < -0.3 is 0 Å². The van der Waals surface area contributed by atoms with Crippen molar-refractivity contribution in [2.45, 2.75) is 18.8 Å². The molecule has 0 spiro atoms. The van der Waals surface area contributed by atoms with Gasteiger partial charge in [-0.1, -0.05) is 12.1 Å². The Morgan fingerprint density at radius 3 is 2.29 bits per heavy atom.